The van der Waals surface area contributed by atoms with E-state index in [0.29, 0.717) is 0 Å². The number of nitrogens with one attached hydrogen (secondary N) is 1. The van der Waals surface area contributed by atoms with Gasteiger partial charge in [-0.05, 0) is 36.4 Å². The molecule has 1 N–H and O–H groups in total. The summed E-state index contributed by atoms with van der Waals surface area (Å²) >= 11 is 0. The van der Waals surface area contributed by atoms with Crippen molar-refractivity contribution in [3.63, 3.8) is 0 Å². The lowest BCUT2D eigenvalue weighted by molar-refractivity contribution is -0.114. The number of amides is 1. The highest BCUT2D eigenvalue weighted by molar-refractivity contribution is 5.92. The standard InChI is InChI=1S/C22H23N7O/c1-16(30)24-18-4-5-20-17(14-18)2-3-19(25-20)15-27-10-12-28(13-11-27)22-7-6-21-23-8-9-29(21)26-22/h2-9,14H,10-13,15H2,1H3,(H,24,30). The second-order valence-electron chi connectivity index (χ2n) is 7.58. The topological polar surface area (TPSA) is 78.7 Å². The molecule has 1 aliphatic heterocycles. The van der Waals surface area contributed by atoms with Crippen molar-refractivity contribution >= 4 is 34.0 Å². The molecule has 0 bridgehead atoms. The number of benzene rings is 1. The van der Waals surface area contributed by atoms with Crippen LogP contribution in [-0.4, -0.2) is 56.6 Å². The number of carbonyl (C=O) groups excluding carboxylic acids is 1. The van der Waals surface area contributed by atoms with Crippen LogP contribution in [0.25, 0.3) is 16.6 Å². The van der Waals surface area contributed by atoms with Crippen molar-refractivity contribution in [2.24, 2.45) is 0 Å². The largest absolute Gasteiger partial charge is 0.353 e. The number of anilines is 2. The van der Waals surface area contributed by atoms with Gasteiger partial charge >= 0.3 is 0 Å². The second-order valence-corrected chi connectivity index (χ2v) is 7.58. The number of aromatic nitrogens is 4. The van der Waals surface area contributed by atoms with Crippen LogP contribution >= 0.6 is 0 Å². The van der Waals surface area contributed by atoms with Crippen LogP contribution < -0.4 is 10.2 Å². The molecule has 0 radical (unpaired) electrons. The molecule has 1 aliphatic rings. The zero-order valence-corrected chi connectivity index (χ0v) is 16.8. The molecule has 0 atom stereocenters. The maximum Gasteiger partial charge on any atom is 0.221 e. The minimum atomic E-state index is -0.0711. The number of imidazole rings is 1. The maximum absolute atomic E-state index is 11.2. The van der Waals surface area contributed by atoms with E-state index in [-0.39, 0.29) is 5.91 Å². The Labute approximate surface area is 174 Å². The van der Waals surface area contributed by atoms with Crippen LogP contribution in [0.3, 0.4) is 0 Å². The third kappa shape index (κ3) is 3.81. The van der Waals surface area contributed by atoms with Crippen molar-refractivity contribution in [3.8, 4) is 0 Å². The van der Waals surface area contributed by atoms with E-state index in [0.717, 1.165) is 66.5 Å². The zero-order valence-electron chi connectivity index (χ0n) is 16.8. The van der Waals surface area contributed by atoms with Gasteiger partial charge in [0.25, 0.3) is 0 Å². The number of hydrogen-bond acceptors (Lipinski definition) is 6. The van der Waals surface area contributed by atoms with E-state index in [1.807, 2.05) is 41.0 Å². The average Bonchev–Trinajstić information content (AvgIpc) is 3.22. The Kier molecular flexibility index (Phi) is 4.76. The molecule has 30 heavy (non-hydrogen) atoms. The van der Waals surface area contributed by atoms with Crippen molar-refractivity contribution in [1.29, 1.82) is 0 Å². The van der Waals surface area contributed by atoms with Crippen molar-refractivity contribution < 1.29 is 4.79 Å². The van der Waals surface area contributed by atoms with Gasteiger partial charge in [0.1, 0.15) is 5.82 Å². The predicted octanol–water partition coefficient (Wildman–Crippen LogP) is 2.56. The van der Waals surface area contributed by atoms with Crippen LogP contribution in [0.2, 0.25) is 0 Å². The highest BCUT2D eigenvalue weighted by Gasteiger charge is 2.19. The second kappa shape index (κ2) is 7.72. The molecule has 1 fully saturated rings. The molecule has 5 rings (SSSR count). The van der Waals surface area contributed by atoms with Crippen molar-refractivity contribution in [2.75, 3.05) is 36.4 Å². The lowest BCUT2D eigenvalue weighted by atomic mass is 10.1. The van der Waals surface area contributed by atoms with Gasteiger partial charge < -0.3 is 10.2 Å². The van der Waals surface area contributed by atoms with E-state index in [1.54, 1.807) is 6.20 Å². The van der Waals surface area contributed by atoms with Crippen LogP contribution in [-0.2, 0) is 11.3 Å². The Hall–Kier alpha value is -3.52. The molecule has 8 nitrogen and oxygen atoms in total. The summed E-state index contributed by atoms with van der Waals surface area (Å²) in [5.41, 5.74) is 3.66. The van der Waals surface area contributed by atoms with Crippen LogP contribution in [0.15, 0.2) is 54.9 Å². The van der Waals surface area contributed by atoms with Crippen molar-refractivity contribution in [1.82, 2.24) is 24.5 Å². The first-order valence-electron chi connectivity index (χ1n) is 10.1. The molecule has 1 aromatic carbocycles. The summed E-state index contributed by atoms with van der Waals surface area (Å²) < 4.78 is 1.82. The van der Waals surface area contributed by atoms with Gasteiger partial charge in [0.2, 0.25) is 5.91 Å². The summed E-state index contributed by atoms with van der Waals surface area (Å²) in [6.45, 7) is 6.12. The first kappa shape index (κ1) is 18.5. The number of nitrogens with zero attached hydrogens (tertiary/aromatic N) is 6. The van der Waals surface area contributed by atoms with E-state index in [2.05, 4.69) is 37.3 Å². The third-order valence-electron chi connectivity index (χ3n) is 5.39. The molecule has 152 valence electrons. The molecule has 3 aromatic heterocycles. The molecular formula is C22H23N7O. The van der Waals surface area contributed by atoms with Gasteiger partial charge in [0.05, 0.1) is 11.2 Å². The van der Waals surface area contributed by atoms with E-state index in [9.17, 15) is 4.79 Å². The summed E-state index contributed by atoms with van der Waals surface area (Å²) in [5, 5.41) is 8.49. The SMILES string of the molecule is CC(=O)Nc1ccc2nc(CN3CCN(c4ccc5nccn5n4)CC3)ccc2c1. The molecule has 0 aliphatic carbocycles. The summed E-state index contributed by atoms with van der Waals surface area (Å²) in [6, 6.07) is 14.0. The average molecular weight is 401 g/mol. The number of carbonyl (C=O) groups is 1. The van der Waals surface area contributed by atoms with Crippen molar-refractivity contribution in [2.45, 2.75) is 13.5 Å². The highest BCUT2D eigenvalue weighted by Crippen LogP contribution is 2.20. The highest BCUT2D eigenvalue weighted by atomic mass is 16.1. The van der Waals surface area contributed by atoms with Gasteiger partial charge in [-0.3, -0.25) is 14.7 Å². The Balaban J connectivity index is 1.23. The van der Waals surface area contributed by atoms with Gasteiger partial charge in [0.15, 0.2) is 5.65 Å². The van der Waals surface area contributed by atoms with Crippen LogP contribution in [0.5, 0.6) is 0 Å². The first-order chi connectivity index (χ1) is 14.6. The lowest BCUT2D eigenvalue weighted by Crippen LogP contribution is -2.46. The Bertz CT molecular complexity index is 1210. The Morgan fingerprint density at radius 3 is 2.77 bits per heavy atom. The van der Waals surface area contributed by atoms with Gasteiger partial charge in [-0.15, -0.1) is 5.10 Å². The summed E-state index contributed by atoms with van der Waals surface area (Å²) in [7, 11) is 0. The van der Waals surface area contributed by atoms with E-state index < -0.39 is 0 Å². The lowest BCUT2D eigenvalue weighted by Gasteiger charge is -2.35. The van der Waals surface area contributed by atoms with Crippen molar-refractivity contribution in [3.05, 3.63) is 60.6 Å². The fourth-order valence-corrected chi connectivity index (χ4v) is 3.87. The van der Waals surface area contributed by atoms with E-state index in [1.165, 1.54) is 6.92 Å². The molecular weight excluding hydrogens is 378 g/mol. The van der Waals surface area contributed by atoms with Crippen LogP contribution in [0.1, 0.15) is 12.6 Å². The maximum atomic E-state index is 11.2. The van der Waals surface area contributed by atoms with E-state index in [4.69, 9.17) is 4.98 Å². The molecule has 1 saturated heterocycles. The normalized spacial score (nSPS) is 15.0. The van der Waals surface area contributed by atoms with E-state index >= 15 is 0 Å². The zero-order chi connectivity index (χ0) is 20.5. The first-order valence-corrected chi connectivity index (χ1v) is 10.1. The minimum absolute atomic E-state index is 0.0711. The molecule has 8 heteroatoms. The molecule has 0 unspecified atom stereocenters. The summed E-state index contributed by atoms with van der Waals surface area (Å²) in [5.74, 6) is 0.914. The summed E-state index contributed by atoms with van der Waals surface area (Å²) in [4.78, 5) is 25.0. The fraction of sp³-hybridized carbons (Fsp3) is 0.273. The molecule has 0 spiro atoms. The monoisotopic (exact) mass is 401 g/mol. The van der Waals surface area contributed by atoms with Crippen LogP contribution in [0.4, 0.5) is 11.5 Å². The molecule has 4 heterocycles. The smallest absolute Gasteiger partial charge is 0.221 e. The third-order valence-corrected chi connectivity index (χ3v) is 5.39. The van der Waals surface area contributed by atoms with Gasteiger partial charge in [-0.25, -0.2) is 9.50 Å². The number of pyridine rings is 1. The number of hydrogen-bond donors (Lipinski definition) is 1. The Morgan fingerprint density at radius 2 is 1.93 bits per heavy atom. The molecule has 0 saturated carbocycles. The minimum Gasteiger partial charge on any atom is -0.353 e. The van der Waals surface area contributed by atoms with Crippen LogP contribution in [0, 0.1) is 0 Å². The fourth-order valence-electron chi connectivity index (χ4n) is 3.87. The van der Waals surface area contributed by atoms with Gasteiger partial charge in [-0.1, -0.05) is 6.07 Å². The number of fused-ring (bicyclic) bond motifs is 2. The van der Waals surface area contributed by atoms with Gasteiger partial charge in [-0.2, -0.15) is 0 Å². The number of piperazine rings is 1. The predicted molar refractivity (Wildman–Crippen MR) is 117 cm³/mol. The summed E-state index contributed by atoms with van der Waals surface area (Å²) in [6.07, 6.45) is 3.64. The molecule has 4 aromatic rings. The Morgan fingerprint density at radius 1 is 1.07 bits per heavy atom. The number of rotatable bonds is 4. The quantitative estimate of drug-likeness (QED) is 0.566. The molecule has 1 amide bonds. The van der Waals surface area contributed by atoms with Gasteiger partial charge in [0, 0.05) is 63.1 Å².